The number of nitrogens with one attached hydrogen (secondary N) is 1. The SMILES string of the molecule is Cc1cc(C)cc(OCC(=O)Nc2ccccc2SCc2cc(=O)n3c(ncn3CC(C)C)n2)c1. The van der Waals surface area contributed by atoms with Gasteiger partial charge in [-0.05, 0) is 55.2 Å². The van der Waals surface area contributed by atoms with E-state index in [1.807, 2.05) is 50.2 Å². The van der Waals surface area contributed by atoms with Crippen molar-refractivity contribution < 1.29 is 9.53 Å². The summed E-state index contributed by atoms with van der Waals surface area (Å²) < 4.78 is 8.96. The highest BCUT2D eigenvalue weighted by Gasteiger charge is 2.12. The van der Waals surface area contributed by atoms with Crippen molar-refractivity contribution in [2.24, 2.45) is 5.92 Å². The number of hydrogen-bond donors (Lipinski definition) is 1. The van der Waals surface area contributed by atoms with Crippen LogP contribution in [0.5, 0.6) is 5.75 Å². The van der Waals surface area contributed by atoms with Crippen LogP contribution in [0, 0.1) is 19.8 Å². The first kappa shape index (κ1) is 24.5. The van der Waals surface area contributed by atoms with Gasteiger partial charge in [-0.1, -0.05) is 32.0 Å². The highest BCUT2D eigenvalue weighted by molar-refractivity contribution is 7.98. The van der Waals surface area contributed by atoms with Crippen molar-refractivity contribution in [2.75, 3.05) is 11.9 Å². The number of amides is 1. The molecule has 0 radical (unpaired) electrons. The topological polar surface area (TPSA) is 90.5 Å². The average molecular weight is 492 g/mol. The van der Waals surface area contributed by atoms with Crippen molar-refractivity contribution in [1.29, 1.82) is 0 Å². The fraction of sp³-hybridized carbons (Fsp3) is 0.308. The second-order valence-corrected chi connectivity index (χ2v) is 9.92. The first-order valence-corrected chi connectivity index (χ1v) is 12.4. The molecule has 0 unspecified atom stereocenters. The number of para-hydroxylation sites is 1. The monoisotopic (exact) mass is 491 g/mol. The van der Waals surface area contributed by atoms with E-state index in [1.165, 1.54) is 22.3 Å². The summed E-state index contributed by atoms with van der Waals surface area (Å²) in [6, 6.07) is 14.9. The molecule has 9 heteroatoms. The van der Waals surface area contributed by atoms with Gasteiger partial charge in [0.05, 0.1) is 11.4 Å². The van der Waals surface area contributed by atoms with Crippen LogP contribution in [0.15, 0.2) is 64.5 Å². The molecule has 35 heavy (non-hydrogen) atoms. The molecule has 0 atom stereocenters. The van der Waals surface area contributed by atoms with Gasteiger partial charge < -0.3 is 10.1 Å². The van der Waals surface area contributed by atoms with Gasteiger partial charge in [-0.15, -0.1) is 11.8 Å². The molecule has 1 amide bonds. The second kappa shape index (κ2) is 10.8. The quantitative estimate of drug-likeness (QED) is 0.347. The van der Waals surface area contributed by atoms with Crippen LogP contribution >= 0.6 is 11.8 Å². The van der Waals surface area contributed by atoms with Crippen LogP contribution in [0.1, 0.15) is 30.7 Å². The predicted octanol–water partition coefficient (Wildman–Crippen LogP) is 4.47. The van der Waals surface area contributed by atoms with E-state index >= 15 is 0 Å². The van der Waals surface area contributed by atoms with E-state index in [1.54, 1.807) is 11.0 Å². The molecule has 0 aliphatic heterocycles. The molecule has 4 aromatic rings. The second-order valence-electron chi connectivity index (χ2n) is 8.90. The van der Waals surface area contributed by atoms with Gasteiger partial charge in [-0.3, -0.25) is 14.3 Å². The molecular formula is C26H29N5O3S. The molecule has 0 aliphatic carbocycles. The number of carbonyl (C=O) groups is 1. The Balaban J connectivity index is 1.41. The van der Waals surface area contributed by atoms with Crippen molar-refractivity contribution in [1.82, 2.24) is 19.2 Å². The Bertz CT molecular complexity index is 1390. The summed E-state index contributed by atoms with van der Waals surface area (Å²) in [6.07, 6.45) is 1.64. The largest absolute Gasteiger partial charge is 0.484 e. The number of benzene rings is 2. The minimum atomic E-state index is -0.245. The number of aryl methyl sites for hydroxylation is 2. The number of carbonyl (C=O) groups excluding carboxylic acids is 1. The number of fused-ring (bicyclic) bond motifs is 1. The molecule has 2 aromatic heterocycles. The van der Waals surface area contributed by atoms with E-state index in [0.717, 1.165) is 16.0 Å². The van der Waals surface area contributed by atoms with Crippen LogP contribution in [-0.4, -0.2) is 31.7 Å². The van der Waals surface area contributed by atoms with Crippen LogP contribution in [0.2, 0.25) is 0 Å². The van der Waals surface area contributed by atoms with Crippen molar-refractivity contribution in [3.8, 4) is 5.75 Å². The van der Waals surface area contributed by atoms with Gasteiger partial charge >= 0.3 is 0 Å². The van der Waals surface area contributed by atoms with Crippen LogP contribution in [0.25, 0.3) is 5.78 Å². The highest BCUT2D eigenvalue weighted by Crippen LogP contribution is 2.29. The number of aromatic nitrogens is 4. The summed E-state index contributed by atoms with van der Waals surface area (Å²) in [5.74, 6) is 1.66. The third-order valence-corrected chi connectivity index (χ3v) is 6.26. The number of thioether (sulfide) groups is 1. The van der Waals surface area contributed by atoms with E-state index in [4.69, 9.17) is 4.74 Å². The molecule has 182 valence electrons. The average Bonchev–Trinajstić information content (AvgIpc) is 3.19. The van der Waals surface area contributed by atoms with E-state index in [2.05, 4.69) is 35.2 Å². The van der Waals surface area contributed by atoms with Gasteiger partial charge in [0.2, 0.25) is 0 Å². The zero-order chi connectivity index (χ0) is 24.9. The molecule has 1 N–H and O–H groups in total. The molecule has 0 aliphatic rings. The molecule has 0 spiro atoms. The Morgan fingerprint density at radius 1 is 1.11 bits per heavy atom. The Morgan fingerprint density at radius 2 is 1.86 bits per heavy atom. The standard InChI is InChI=1S/C26H29N5O3S/c1-17(2)13-30-16-27-26-28-20(12-25(33)31(26)30)15-35-23-8-6-5-7-22(23)29-24(32)14-34-21-10-18(3)9-19(4)11-21/h5-12,16-17H,13-15H2,1-4H3,(H,29,32). The molecule has 2 heterocycles. The minimum absolute atomic E-state index is 0.0874. The van der Waals surface area contributed by atoms with Crippen molar-refractivity contribution in [3.05, 3.63) is 82.0 Å². The predicted molar refractivity (Wildman–Crippen MR) is 138 cm³/mol. The van der Waals surface area contributed by atoms with Gasteiger partial charge in [-0.2, -0.15) is 9.50 Å². The van der Waals surface area contributed by atoms with Gasteiger partial charge in [0.15, 0.2) is 6.61 Å². The van der Waals surface area contributed by atoms with E-state index in [0.29, 0.717) is 41.1 Å². The van der Waals surface area contributed by atoms with E-state index in [-0.39, 0.29) is 18.1 Å². The van der Waals surface area contributed by atoms with Crippen molar-refractivity contribution in [2.45, 2.75) is 44.9 Å². The maximum atomic E-state index is 12.7. The molecule has 8 nitrogen and oxygen atoms in total. The van der Waals surface area contributed by atoms with E-state index < -0.39 is 0 Å². The van der Waals surface area contributed by atoms with Gasteiger partial charge in [-0.25, -0.2) is 4.98 Å². The van der Waals surface area contributed by atoms with Crippen LogP contribution < -0.4 is 15.6 Å². The fourth-order valence-corrected chi connectivity index (χ4v) is 4.68. The zero-order valence-electron chi connectivity index (χ0n) is 20.3. The molecule has 2 aromatic carbocycles. The number of nitrogens with zero attached hydrogens (tertiary/aromatic N) is 4. The number of hydrogen-bond acceptors (Lipinski definition) is 6. The Hall–Kier alpha value is -3.59. The first-order valence-electron chi connectivity index (χ1n) is 11.5. The fourth-order valence-electron chi connectivity index (χ4n) is 3.78. The number of rotatable bonds is 9. The van der Waals surface area contributed by atoms with Gasteiger partial charge in [0, 0.05) is 23.3 Å². The minimum Gasteiger partial charge on any atom is -0.484 e. The summed E-state index contributed by atoms with van der Waals surface area (Å²) >= 11 is 1.49. The normalized spacial score (nSPS) is 11.2. The van der Waals surface area contributed by atoms with Crippen LogP contribution in [-0.2, 0) is 17.1 Å². The molecule has 0 bridgehead atoms. The molecule has 0 fully saturated rings. The first-order chi connectivity index (χ1) is 16.8. The number of ether oxygens (including phenoxy) is 1. The summed E-state index contributed by atoms with van der Waals surface area (Å²) in [6.45, 7) is 8.75. The van der Waals surface area contributed by atoms with Crippen LogP contribution in [0.3, 0.4) is 0 Å². The summed E-state index contributed by atoms with van der Waals surface area (Å²) in [4.78, 5) is 35.0. The third-order valence-electron chi connectivity index (χ3n) is 5.15. The molecular weight excluding hydrogens is 462 g/mol. The summed E-state index contributed by atoms with van der Waals surface area (Å²) in [5, 5.41) is 2.92. The van der Waals surface area contributed by atoms with E-state index in [9.17, 15) is 9.59 Å². The maximum Gasteiger partial charge on any atom is 0.274 e. The number of anilines is 1. The van der Waals surface area contributed by atoms with Gasteiger partial charge in [0.1, 0.15) is 12.1 Å². The third kappa shape index (κ3) is 6.30. The maximum absolute atomic E-state index is 12.7. The summed E-state index contributed by atoms with van der Waals surface area (Å²) in [7, 11) is 0. The van der Waals surface area contributed by atoms with Gasteiger partial charge in [0.25, 0.3) is 17.2 Å². The highest BCUT2D eigenvalue weighted by atomic mass is 32.2. The molecule has 4 rings (SSSR count). The Labute approximate surface area is 208 Å². The van der Waals surface area contributed by atoms with Crippen molar-refractivity contribution in [3.63, 3.8) is 0 Å². The molecule has 0 saturated heterocycles. The summed E-state index contributed by atoms with van der Waals surface area (Å²) in [5.41, 5.74) is 3.33. The Kier molecular flexibility index (Phi) is 7.55. The lowest BCUT2D eigenvalue weighted by Crippen LogP contribution is -2.22. The zero-order valence-corrected chi connectivity index (χ0v) is 21.1. The lowest BCUT2D eigenvalue weighted by Gasteiger charge is -2.12. The lowest BCUT2D eigenvalue weighted by molar-refractivity contribution is -0.118. The Morgan fingerprint density at radius 3 is 2.60 bits per heavy atom. The smallest absolute Gasteiger partial charge is 0.274 e. The lowest BCUT2D eigenvalue weighted by atomic mass is 10.1. The molecule has 0 saturated carbocycles. The van der Waals surface area contributed by atoms with Crippen LogP contribution in [0.4, 0.5) is 5.69 Å². The van der Waals surface area contributed by atoms with Crippen molar-refractivity contribution >= 4 is 29.1 Å².